The molecule has 41 heavy (non-hydrogen) atoms. The van der Waals surface area contributed by atoms with Crippen molar-refractivity contribution in [2.45, 2.75) is 30.7 Å². The number of imide groups is 1. The molecule has 5 aliphatic rings. The van der Waals surface area contributed by atoms with Gasteiger partial charge in [-0.15, -0.1) is 0 Å². The Labute approximate surface area is 237 Å². The first-order valence-corrected chi connectivity index (χ1v) is 14.5. The summed E-state index contributed by atoms with van der Waals surface area (Å²) in [4.78, 5) is 46.7. The lowest BCUT2D eigenvalue weighted by molar-refractivity contribution is -0.139. The number of amides is 2. The summed E-state index contributed by atoms with van der Waals surface area (Å²) < 4.78 is 1.89. The van der Waals surface area contributed by atoms with E-state index in [4.69, 9.17) is 0 Å². The van der Waals surface area contributed by atoms with Crippen LogP contribution in [0.25, 0.3) is 11.0 Å². The molecular weight excluding hydrogens is 512 g/mol. The van der Waals surface area contributed by atoms with Gasteiger partial charge in [0.15, 0.2) is 0 Å². The maximum absolute atomic E-state index is 13.7. The monoisotopic (exact) mass is 542 g/mol. The number of hydrogen-bond acceptors (Lipinski definition) is 4. The Bertz CT molecular complexity index is 1720. The van der Waals surface area contributed by atoms with Gasteiger partial charge in [0.1, 0.15) is 0 Å². The second kappa shape index (κ2) is 9.32. The molecule has 0 radical (unpaired) electrons. The van der Waals surface area contributed by atoms with E-state index >= 15 is 0 Å². The molecule has 9 rings (SSSR count). The van der Waals surface area contributed by atoms with Crippen molar-refractivity contribution in [2.75, 3.05) is 26.2 Å². The number of piperidine rings is 1. The molecule has 2 saturated heterocycles. The summed E-state index contributed by atoms with van der Waals surface area (Å²) in [7, 11) is 0. The van der Waals surface area contributed by atoms with E-state index in [-0.39, 0.29) is 53.8 Å². The van der Waals surface area contributed by atoms with Crippen molar-refractivity contribution in [3.63, 3.8) is 0 Å². The van der Waals surface area contributed by atoms with Gasteiger partial charge >= 0.3 is 5.69 Å². The number of nitrogens with zero attached hydrogens (tertiary/aromatic N) is 3. The van der Waals surface area contributed by atoms with Gasteiger partial charge in [-0.3, -0.25) is 24.0 Å². The number of likely N-dealkylation sites (tertiary alicyclic amines) is 2. The molecule has 2 amide bonds. The number of para-hydroxylation sites is 2. The first-order chi connectivity index (χ1) is 20.1. The molecule has 2 aliphatic heterocycles. The third kappa shape index (κ3) is 3.60. The average molecular weight is 543 g/mol. The fourth-order valence-corrected chi connectivity index (χ4v) is 7.97. The Morgan fingerprint density at radius 2 is 1.20 bits per heavy atom. The number of imidazole rings is 1. The van der Waals surface area contributed by atoms with Crippen LogP contribution in [0.2, 0.25) is 0 Å². The van der Waals surface area contributed by atoms with Gasteiger partial charge in [-0.05, 0) is 47.2 Å². The van der Waals surface area contributed by atoms with Crippen molar-refractivity contribution in [1.29, 1.82) is 0 Å². The lowest BCUT2D eigenvalue weighted by Gasteiger charge is -2.45. The van der Waals surface area contributed by atoms with Gasteiger partial charge < -0.3 is 4.98 Å². The first-order valence-electron chi connectivity index (χ1n) is 14.5. The van der Waals surface area contributed by atoms with E-state index in [0.717, 1.165) is 37.0 Å². The summed E-state index contributed by atoms with van der Waals surface area (Å²) in [6.07, 6.45) is 1.75. The zero-order chi connectivity index (χ0) is 27.7. The molecule has 3 aromatic carbocycles. The molecule has 0 saturated carbocycles. The van der Waals surface area contributed by atoms with Crippen LogP contribution in [0.1, 0.15) is 53.0 Å². The molecule has 204 valence electrons. The molecule has 1 N–H and O–H groups in total. The van der Waals surface area contributed by atoms with E-state index in [1.165, 1.54) is 27.2 Å². The Hall–Kier alpha value is -4.41. The van der Waals surface area contributed by atoms with Crippen molar-refractivity contribution in [3.05, 3.63) is 106 Å². The van der Waals surface area contributed by atoms with E-state index in [2.05, 4.69) is 46.0 Å². The van der Waals surface area contributed by atoms with Crippen LogP contribution < -0.4 is 5.69 Å². The first kappa shape index (κ1) is 24.4. The second-order valence-electron chi connectivity index (χ2n) is 11.7. The van der Waals surface area contributed by atoms with Crippen LogP contribution in [0.4, 0.5) is 0 Å². The predicted molar refractivity (Wildman–Crippen MR) is 155 cm³/mol. The Morgan fingerprint density at radius 1 is 0.683 bits per heavy atom. The molecule has 2 atom stereocenters. The summed E-state index contributed by atoms with van der Waals surface area (Å²) in [5.41, 5.74) is 6.52. The Kier molecular flexibility index (Phi) is 5.55. The molecule has 4 aromatic rings. The number of aromatic nitrogens is 2. The van der Waals surface area contributed by atoms with Gasteiger partial charge in [0, 0.05) is 31.0 Å². The van der Waals surface area contributed by atoms with Crippen LogP contribution in [0, 0.1) is 23.7 Å². The zero-order valence-corrected chi connectivity index (χ0v) is 22.6. The standard InChI is InChI=1S/C34H30N4O3/c39-32-30-28-22-9-1-2-10-23(22)29(25-12-4-3-11-24(25)28)31(30)33(40)37(32)18-8-7-17-36-19-15-21(16-20-36)38-27-14-6-5-13-26(27)35-34(38)41/h1-6,9-14,21,28-31H,15-20H2,(H,35,41)/t28?,29?,30-,31+. The number of aromatic amines is 1. The fourth-order valence-electron chi connectivity index (χ4n) is 7.97. The highest BCUT2D eigenvalue weighted by Crippen LogP contribution is 2.60. The highest BCUT2D eigenvalue weighted by atomic mass is 16.2. The number of hydrogen-bond donors (Lipinski definition) is 1. The van der Waals surface area contributed by atoms with E-state index < -0.39 is 0 Å². The van der Waals surface area contributed by atoms with Crippen molar-refractivity contribution >= 4 is 22.8 Å². The molecule has 2 bridgehead atoms. The number of carbonyl (C=O) groups excluding carboxylic acids is 2. The largest absolute Gasteiger partial charge is 0.326 e. The summed E-state index contributed by atoms with van der Waals surface area (Å²) >= 11 is 0. The van der Waals surface area contributed by atoms with E-state index in [0.29, 0.717) is 6.54 Å². The second-order valence-corrected chi connectivity index (χ2v) is 11.7. The van der Waals surface area contributed by atoms with Crippen LogP contribution in [0.5, 0.6) is 0 Å². The molecule has 3 aliphatic carbocycles. The normalized spacial score (nSPS) is 25.1. The number of nitrogens with one attached hydrogen (secondary N) is 1. The highest BCUT2D eigenvalue weighted by molar-refractivity contribution is 6.08. The van der Waals surface area contributed by atoms with Crippen LogP contribution in [-0.2, 0) is 9.59 Å². The van der Waals surface area contributed by atoms with E-state index in [1.807, 2.05) is 53.1 Å². The van der Waals surface area contributed by atoms with Crippen molar-refractivity contribution in [3.8, 4) is 11.8 Å². The minimum absolute atomic E-state index is 0.0513. The smallest absolute Gasteiger partial charge is 0.306 e. The van der Waals surface area contributed by atoms with Crippen LogP contribution in [0.15, 0.2) is 77.6 Å². The summed E-state index contributed by atoms with van der Waals surface area (Å²) in [6, 6.07) is 24.6. The summed E-state index contributed by atoms with van der Waals surface area (Å²) in [5.74, 6) is 5.31. The van der Waals surface area contributed by atoms with Crippen molar-refractivity contribution in [1.82, 2.24) is 19.4 Å². The molecule has 1 aromatic heterocycles. The predicted octanol–water partition coefficient (Wildman–Crippen LogP) is 3.86. The van der Waals surface area contributed by atoms with Crippen molar-refractivity contribution in [2.24, 2.45) is 11.8 Å². The number of H-pyrrole nitrogens is 1. The SMILES string of the molecule is O=C1[C@@H]2C3c4ccccc4C(c4ccccc43)[C@@H]2C(=O)N1CC#CCN1CCC(n2c(=O)[nH]c3ccccc32)CC1. The molecule has 7 heteroatoms. The molecule has 3 heterocycles. The van der Waals surface area contributed by atoms with Gasteiger partial charge in [-0.2, -0.15) is 0 Å². The minimum atomic E-state index is -0.356. The van der Waals surface area contributed by atoms with E-state index in [9.17, 15) is 14.4 Å². The van der Waals surface area contributed by atoms with Crippen LogP contribution in [0.3, 0.4) is 0 Å². The third-order valence-corrected chi connectivity index (χ3v) is 9.75. The lowest BCUT2D eigenvalue weighted by atomic mass is 9.55. The van der Waals surface area contributed by atoms with Gasteiger partial charge in [0.25, 0.3) is 0 Å². The van der Waals surface area contributed by atoms with E-state index in [1.54, 1.807) is 0 Å². The van der Waals surface area contributed by atoms with Crippen molar-refractivity contribution < 1.29 is 9.59 Å². The van der Waals surface area contributed by atoms with Crippen LogP contribution in [-0.4, -0.2) is 57.3 Å². The van der Waals surface area contributed by atoms with Gasteiger partial charge in [-0.1, -0.05) is 72.5 Å². The van der Waals surface area contributed by atoms with Crippen LogP contribution >= 0.6 is 0 Å². The van der Waals surface area contributed by atoms with Gasteiger partial charge in [0.05, 0.1) is 36.0 Å². The summed E-state index contributed by atoms with van der Waals surface area (Å²) in [5, 5.41) is 0. The molecule has 0 spiro atoms. The number of carbonyl (C=O) groups is 2. The number of fused-ring (bicyclic) bond motifs is 1. The number of rotatable bonds is 3. The average Bonchev–Trinajstić information content (AvgIpc) is 3.48. The lowest BCUT2D eigenvalue weighted by Crippen LogP contribution is -2.41. The minimum Gasteiger partial charge on any atom is -0.306 e. The topological polar surface area (TPSA) is 78.4 Å². The zero-order valence-electron chi connectivity index (χ0n) is 22.6. The Balaban J connectivity index is 0.954. The maximum atomic E-state index is 13.7. The summed E-state index contributed by atoms with van der Waals surface area (Å²) in [6.45, 7) is 2.41. The molecule has 7 nitrogen and oxygen atoms in total. The third-order valence-electron chi connectivity index (χ3n) is 9.75. The molecule has 2 fully saturated rings. The number of benzene rings is 3. The highest BCUT2D eigenvalue weighted by Gasteiger charge is 2.61. The maximum Gasteiger partial charge on any atom is 0.326 e. The Morgan fingerprint density at radius 3 is 1.78 bits per heavy atom. The quantitative estimate of drug-likeness (QED) is 0.315. The fraction of sp³-hybridized carbons (Fsp3) is 0.324. The molecule has 0 unspecified atom stereocenters. The van der Waals surface area contributed by atoms with Gasteiger partial charge in [0.2, 0.25) is 11.8 Å². The molecular formula is C34H30N4O3. The van der Waals surface area contributed by atoms with Gasteiger partial charge in [-0.25, -0.2) is 4.79 Å².